The smallest absolute Gasteiger partial charge is 0.318 e. The monoisotopic (exact) mass is 473 g/mol. The van der Waals surface area contributed by atoms with E-state index in [1.807, 2.05) is 69.2 Å². The maximum Gasteiger partial charge on any atom is 0.318 e. The van der Waals surface area contributed by atoms with Crippen molar-refractivity contribution in [1.82, 2.24) is 4.90 Å². The highest BCUT2D eigenvalue weighted by Gasteiger charge is 2.47. The molecule has 3 heterocycles. The van der Waals surface area contributed by atoms with Crippen molar-refractivity contribution in [3.63, 3.8) is 0 Å². The number of aryl methyl sites for hydroxylation is 4. The second-order valence-corrected chi connectivity index (χ2v) is 12.8. The van der Waals surface area contributed by atoms with Gasteiger partial charge in [0.2, 0.25) is 0 Å². The Hall–Kier alpha value is -1.93. The van der Waals surface area contributed by atoms with E-state index < -0.39 is 15.4 Å². The van der Waals surface area contributed by atoms with E-state index in [1.54, 1.807) is 22.7 Å². The summed E-state index contributed by atoms with van der Waals surface area (Å²) in [4.78, 5) is 6.55. The molecule has 0 radical (unpaired) electrons. The minimum Gasteiger partial charge on any atom is -0.381 e. The van der Waals surface area contributed by atoms with E-state index >= 15 is 0 Å². The Morgan fingerprint density at radius 2 is 1.42 bits per heavy atom. The standard InChI is InChI=1S/C24H27NO3S3/c1-14-12-19(16(3)29-14)21-22(25(5)6)24(18-10-8-7-9-11-18)31(26,27)28-23(21)20-13-15(2)30-17(20)4/h7-13,22,24H,1-6H3/t22-,24+/m0/s1. The molecule has 0 spiro atoms. The first-order valence-electron chi connectivity index (χ1n) is 10.1. The average molecular weight is 474 g/mol. The molecule has 0 unspecified atom stereocenters. The van der Waals surface area contributed by atoms with Gasteiger partial charge in [-0.3, -0.25) is 0 Å². The molecule has 1 aliphatic rings. The van der Waals surface area contributed by atoms with Gasteiger partial charge in [-0.2, -0.15) is 8.42 Å². The fraction of sp³-hybridized carbons (Fsp3) is 0.333. The van der Waals surface area contributed by atoms with Crippen LogP contribution in [0.15, 0.2) is 42.5 Å². The largest absolute Gasteiger partial charge is 0.381 e. The van der Waals surface area contributed by atoms with Crippen LogP contribution in [0.4, 0.5) is 0 Å². The number of thiophene rings is 2. The molecule has 0 fully saturated rings. The molecule has 0 bridgehead atoms. The van der Waals surface area contributed by atoms with Gasteiger partial charge in [0.1, 0.15) is 5.25 Å². The van der Waals surface area contributed by atoms with Gasteiger partial charge in [0.15, 0.2) is 5.76 Å². The van der Waals surface area contributed by atoms with Gasteiger partial charge in [-0.1, -0.05) is 30.3 Å². The third kappa shape index (κ3) is 4.00. The highest BCUT2D eigenvalue weighted by Crippen LogP contribution is 2.49. The molecule has 0 aliphatic carbocycles. The van der Waals surface area contributed by atoms with Gasteiger partial charge in [-0.15, -0.1) is 22.7 Å². The summed E-state index contributed by atoms with van der Waals surface area (Å²) in [7, 11) is -0.0265. The summed E-state index contributed by atoms with van der Waals surface area (Å²) in [6.45, 7) is 8.24. The van der Waals surface area contributed by atoms with Crippen LogP contribution >= 0.6 is 22.7 Å². The van der Waals surface area contributed by atoms with Crippen LogP contribution < -0.4 is 0 Å². The minimum absolute atomic E-state index is 0.386. The molecular weight excluding hydrogens is 446 g/mol. The zero-order chi connectivity index (χ0) is 22.5. The second kappa shape index (κ2) is 8.20. The van der Waals surface area contributed by atoms with Crippen LogP contribution in [0.1, 0.15) is 41.4 Å². The number of hydrogen-bond donors (Lipinski definition) is 0. The fourth-order valence-corrected chi connectivity index (χ4v) is 7.96. The molecular formula is C24H27NO3S3. The van der Waals surface area contributed by atoms with Crippen molar-refractivity contribution in [2.45, 2.75) is 39.0 Å². The third-order valence-corrected chi connectivity index (χ3v) is 9.12. The maximum absolute atomic E-state index is 13.6. The summed E-state index contributed by atoms with van der Waals surface area (Å²) in [6, 6.07) is 13.2. The van der Waals surface area contributed by atoms with Gasteiger partial charge in [0, 0.05) is 30.6 Å². The predicted octanol–water partition coefficient (Wildman–Crippen LogP) is 5.94. The molecule has 164 valence electrons. The topological polar surface area (TPSA) is 46.6 Å². The van der Waals surface area contributed by atoms with E-state index in [1.165, 1.54) is 4.88 Å². The third-order valence-electron chi connectivity index (χ3n) is 5.64. The van der Waals surface area contributed by atoms with Crippen molar-refractivity contribution >= 4 is 44.1 Å². The average Bonchev–Trinajstić information content (AvgIpc) is 3.20. The molecule has 31 heavy (non-hydrogen) atoms. The predicted molar refractivity (Wildman–Crippen MR) is 131 cm³/mol. The van der Waals surface area contributed by atoms with Crippen LogP contribution in [0, 0.1) is 27.7 Å². The molecule has 2 atom stereocenters. The first-order chi connectivity index (χ1) is 14.6. The van der Waals surface area contributed by atoms with Crippen molar-refractivity contribution < 1.29 is 12.6 Å². The molecule has 2 aromatic heterocycles. The van der Waals surface area contributed by atoms with E-state index in [4.69, 9.17) is 4.18 Å². The lowest BCUT2D eigenvalue weighted by Gasteiger charge is -2.39. The summed E-state index contributed by atoms with van der Waals surface area (Å²) in [5.41, 5.74) is 3.61. The molecule has 1 aliphatic heterocycles. The quantitative estimate of drug-likeness (QED) is 0.440. The molecule has 0 amide bonds. The van der Waals surface area contributed by atoms with Gasteiger partial charge < -0.3 is 9.08 Å². The Morgan fingerprint density at radius 1 is 0.871 bits per heavy atom. The van der Waals surface area contributed by atoms with Crippen LogP contribution in [0.25, 0.3) is 11.3 Å². The molecule has 0 N–H and O–H groups in total. The first kappa shape index (κ1) is 22.3. The van der Waals surface area contributed by atoms with Crippen LogP contribution in [0.2, 0.25) is 0 Å². The van der Waals surface area contributed by atoms with E-state index in [2.05, 4.69) is 19.9 Å². The highest BCUT2D eigenvalue weighted by molar-refractivity contribution is 7.87. The summed E-state index contributed by atoms with van der Waals surface area (Å²) in [6.07, 6.45) is 0. The Kier molecular flexibility index (Phi) is 5.89. The Labute approximate surface area is 192 Å². The SMILES string of the molecule is Cc1cc(C2=C(c3cc(C)sc3C)[C@H](N(C)C)[C@@H](c3ccccc3)S(=O)(=O)O2)c(C)s1. The zero-order valence-corrected chi connectivity index (χ0v) is 21.0. The lowest BCUT2D eigenvalue weighted by molar-refractivity contribution is 0.315. The number of rotatable bonds is 4. The number of likely N-dealkylation sites (N-methyl/N-ethyl adjacent to an activating group) is 1. The van der Waals surface area contributed by atoms with Crippen LogP contribution in [-0.2, 0) is 14.3 Å². The molecule has 0 saturated carbocycles. The molecule has 4 rings (SSSR count). The summed E-state index contributed by atoms with van der Waals surface area (Å²) >= 11 is 3.38. The molecule has 1 aromatic carbocycles. The van der Waals surface area contributed by atoms with Crippen LogP contribution in [-0.4, -0.2) is 33.5 Å². The van der Waals surface area contributed by atoms with Crippen LogP contribution in [0.3, 0.4) is 0 Å². The summed E-state index contributed by atoms with van der Waals surface area (Å²) < 4.78 is 33.1. The van der Waals surface area contributed by atoms with Gasteiger partial charge in [-0.25, -0.2) is 0 Å². The van der Waals surface area contributed by atoms with Crippen molar-refractivity contribution in [3.05, 3.63) is 78.7 Å². The van der Waals surface area contributed by atoms with Gasteiger partial charge in [0.25, 0.3) is 0 Å². The molecule has 3 aromatic rings. The lowest BCUT2D eigenvalue weighted by Crippen LogP contribution is -2.42. The maximum atomic E-state index is 13.6. The molecule has 0 saturated heterocycles. The van der Waals surface area contributed by atoms with Gasteiger partial charge in [-0.05, 0) is 65.0 Å². The molecule has 7 heteroatoms. The summed E-state index contributed by atoms with van der Waals surface area (Å²) in [5.74, 6) is 0.466. The van der Waals surface area contributed by atoms with Gasteiger partial charge in [0.05, 0.1) is 6.04 Å². The lowest BCUT2D eigenvalue weighted by atomic mass is 9.89. The van der Waals surface area contributed by atoms with E-state index in [9.17, 15) is 8.42 Å². The van der Waals surface area contributed by atoms with Crippen molar-refractivity contribution in [1.29, 1.82) is 0 Å². The Morgan fingerprint density at radius 3 is 1.90 bits per heavy atom. The Bertz CT molecular complexity index is 1250. The van der Waals surface area contributed by atoms with E-state index in [0.717, 1.165) is 36.9 Å². The van der Waals surface area contributed by atoms with Gasteiger partial charge >= 0.3 is 10.1 Å². The minimum atomic E-state index is -3.91. The summed E-state index contributed by atoms with van der Waals surface area (Å²) in [5, 5.41) is -0.818. The highest BCUT2D eigenvalue weighted by atomic mass is 32.2. The van der Waals surface area contributed by atoms with E-state index in [0.29, 0.717) is 5.76 Å². The second-order valence-electron chi connectivity index (χ2n) is 8.21. The molecule has 4 nitrogen and oxygen atoms in total. The number of benzene rings is 1. The number of nitrogens with zero attached hydrogens (tertiary/aromatic N) is 1. The van der Waals surface area contributed by atoms with E-state index in [-0.39, 0.29) is 6.04 Å². The van der Waals surface area contributed by atoms with Crippen molar-refractivity contribution in [2.75, 3.05) is 14.1 Å². The van der Waals surface area contributed by atoms with Crippen LogP contribution in [0.5, 0.6) is 0 Å². The fourth-order valence-electron chi connectivity index (χ4n) is 4.40. The number of hydrogen-bond acceptors (Lipinski definition) is 6. The van der Waals surface area contributed by atoms with Crippen molar-refractivity contribution in [3.8, 4) is 0 Å². The first-order valence-corrected chi connectivity index (χ1v) is 13.2. The Balaban J connectivity index is 2.08. The zero-order valence-electron chi connectivity index (χ0n) is 18.6. The van der Waals surface area contributed by atoms with Crippen molar-refractivity contribution in [2.24, 2.45) is 0 Å². The normalized spacial score (nSPS) is 20.9.